The molecule has 7 aliphatic rings. The first kappa shape index (κ1) is 23.4. The van der Waals surface area contributed by atoms with Crippen molar-refractivity contribution in [3.8, 4) is 0 Å². The van der Waals surface area contributed by atoms with E-state index in [2.05, 4.69) is 6.58 Å². The summed E-state index contributed by atoms with van der Waals surface area (Å²) in [4.78, 5) is 12.8. The summed E-state index contributed by atoms with van der Waals surface area (Å²) in [7, 11) is 0. The number of rotatable bonds is 14. The van der Waals surface area contributed by atoms with Crippen LogP contribution < -0.4 is 0 Å². The number of ether oxygens (including phenoxy) is 7. The van der Waals surface area contributed by atoms with Gasteiger partial charge in [-0.05, 0) is 26.2 Å². The van der Waals surface area contributed by atoms with Crippen molar-refractivity contribution in [3.05, 3.63) is 12.2 Å². The second-order valence-corrected chi connectivity index (χ2v) is 11.7. The van der Waals surface area contributed by atoms with Gasteiger partial charge in [-0.1, -0.05) is 6.58 Å². The van der Waals surface area contributed by atoms with Gasteiger partial charge in [-0.15, -0.1) is 0 Å². The van der Waals surface area contributed by atoms with E-state index in [-0.39, 0.29) is 5.97 Å². The van der Waals surface area contributed by atoms with Crippen molar-refractivity contribution in [3.63, 3.8) is 0 Å². The van der Waals surface area contributed by atoms with Crippen LogP contribution >= 0.6 is 0 Å². The third-order valence-electron chi connectivity index (χ3n) is 8.28. The number of carbonyl (C=O) groups excluding carboxylic acids is 1. The average molecular weight is 479 g/mol. The predicted molar refractivity (Wildman–Crippen MR) is 120 cm³/mol. The number of esters is 1. The Balaban J connectivity index is 1.26. The molecular formula is C26H38O8. The van der Waals surface area contributed by atoms with Gasteiger partial charge in [0, 0.05) is 63.9 Å². The molecule has 7 rings (SSSR count). The lowest BCUT2D eigenvalue weighted by atomic mass is 9.48. The van der Waals surface area contributed by atoms with E-state index in [9.17, 15) is 4.79 Å². The van der Waals surface area contributed by atoms with E-state index in [1.54, 1.807) is 6.92 Å². The number of hydrogen-bond acceptors (Lipinski definition) is 8. The molecule has 3 saturated heterocycles. The molecule has 190 valence electrons. The molecule has 4 saturated carbocycles. The van der Waals surface area contributed by atoms with E-state index in [0.29, 0.717) is 63.0 Å². The van der Waals surface area contributed by atoms with Gasteiger partial charge < -0.3 is 33.2 Å². The lowest BCUT2D eigenvalue weighted by molar-refractivity contribution is -0.327. The Labute approximate surface area is 201 Å². The molecule has 0 radical (unpaired) electrons. The van der Waals surface area contributed by atoms with E-state index in [0.717, 1.165) is 58.3 Å². The molecule has 34 heavy (non-hydrogen) atoms. The monoisotopic (exact) mass is 478 g/mol. The highest BCUT2D eigenvalue weighted by molar-refractivity contribution is 5.87. The maximum Gasteiger partial charge on any atom is 0.333 e. The fraction of sp³-hybridized carbons (Fsp3) is 0.885. The summed E-state index contributed by atoms with van der Waals surface area (Å²) in [5.74, 6) is -0.341. The predicted octanol–water partition coefficient (Wildman–Crippen LogP) is 2.86. The van der Waals surface area contributed by atoms with Crippen molar-refractivity contribution in [2.45, 2.75) is 105 Å². The summed E-state index contributed by atoms with van der Waals surface area (Å²) in [5, 5.41) is 0. The smallest absolute Gasteiger partial charge is 0.333 e. The van der Waals surface area contributed by atoms with Crippen LogP contribution in [0.25, 0.3) is 0 Å². The first-order chi connectivity index (χ1) is 16.3. The van der Waals surface area contributed by atoms with Gasteiger partial charge in [0.05, 0.1) is 54.9 Å². The molecule has 0 aromatic heterocycles. The summed E-state index contributed by atoms with van der Waals surface area (Å²) >= 11 is 0. The van der Waals surface area contributed by atoms with Gasteiger partial charge in [0.2, 0.25) is 0 Å². The molecule has 0 N–H and O–H groups in total. The molecule has 0 spiro atoms. The van der Waals surface area contributed by atoms with Crippen molar-refractivity contribution in [2.24, 2.45) is 0 Å². The Morgan fingerprint density at radius 1 is 0.706 bits per heavy atom. The Kier molecular flexibility index (Phi) is 5.86. The zero-order chi connectivity index (χ0) is 23.4. The summed E-state index contributed by atoms with van der Waals surface area (Å²) in [6.07, 6.45) is 8.07. The zero-order valence-electron chi connectivity index (χ0n) is 20.3. The highest BCUT2D eigenvalue weighted by Gasteiger charge is 2.72. The third-order valence-corrected chi connectivity index (χ3v) is 8.28. The highest BCUT2D eigenvalue weighted by Crippen LogP contribution is 2.65. The van der Waals surface area contributed by atoms with Crippen LogP contribution in [0.1, 0.15) is 64.7 Å². The van der Waals surface area contributed by atoms with Crippen LogP contribution in [0.15, 0.2) is 12.2 Å². The molecule has 8 nitrogen and oxygen atoms in total. The van der Waals surface area contributed by atoms with Crippen LogP contribution in [-0.2, 0) is 38.0 Å². The van der Waals surface area contributed by atoms with Gasteiger partial charge in [-0.2, -0.15) is 0 Å². The number of epoxide rings is 3. The topological polar surface area (TPSA) is 91.6 Å². The minimum Gasteiger partial charge on any atom is -0.455 e. The largest absolute Gasteiger partial charge is 0.455 e. The lowest BCUT2D eigenvalue weighted by Crippen LogP contribution is -2.74. The van der Waals surface area contributed by atoms with Gasteiger partial charge in [-0.3, -0.25) is 0 Å². The fourth-order valence-electron chi connectivity index (χ4n) is 7.05. The highest BCUT2D eigenvalue weighted by atomic mass is 16.6. The molecular weight excluding hydrogens is 440 g/mol. The molecule has 3 unspecified atom stereocenters. The number of hydrogen-bond donors (Lipinski definition) is 0. The van der Waals surface area contributed by atoms with E-state index >= 15 is 0 Å². The quantitative estimate of drug-likeness (QED) is 0.214. The Hall–Kier alpha value is -1.03. The first-order valence-electron chi connectivity index (χ1n) is 13.0. The molecule has 0 amide bonds. The van der Waals surface area contributed by atoms with Gasteiger partial charge >= 0.3 is 5.97 Å². The van der Waals surface area contributed by atoms with Crippen molar-refractivity contribution in [2.75, 3.05) is 39.6 Å². The SMILES string of the molecule is C=C(C)C(=O)OC12CC3(OCCC4CO4)CC(OCCC4CO4)(CC(OCCC4CO4)(C3)C1)C2. The van der Waals surface area contributed by atoms with E-state index in [4.69, 9.17) is 33.2 Å². The van der Waals surface area contributed by atoms with Crippen molar-refractivity contribution in [1.82, 2.24) is 0 Å². The van der Waals surface area contributed by atoms with Crippen LogP contribution in [0.2, 0.25) is 0 Å². The summed E-state index contributed by atoms with van der Waals surface area (Å²) in [6.45, 7) is 9.89. The van der Waals surface area contributed by atoms with Crippen LogP contribution in [-0.4, -0.2) is 86.3 Å². The summed E-state index contributed by atoms with van der Waals surface area (Å²) < 4.78 is 42.5. The van der Waals surface area contributed by atoms with Crippen molar-refractivity contribution < 1.29 is 38.0 Å². The Morgan fingerprint density at radius 2 is 1.03 bits per heavy atom. The van der Waals surface area contributed by atoms with Gasteiger partial charge in [-0.25, -0.2) is 4.79 Å². The van der Waals surface area contributed by atoms with Crippen molar-refractivity contribution >= 4 is 5.97 Å². The van der Waals surface area contributed by atoms with Crippen LogP contribution in [0.5, 0.6) is 0 Å². The lowest BCUT2D eigenvalue weighted by Gasteiger charge is -2.68. The van der Waals surface area contributed by atoms with Crippen LogP contribution in [0.3, 0.4) is 0 Å². The molecule has 3 atom stereocenters. The molecule has 4 bridgehead atoms. The van der Waals surface area contributed by atoms with Crippen molar-refractivity contribution in [1.29, 1.82) is 0 Å². The van der Waals surface area contributed by atoms with Gasteiger partial charge in [0.25, 0.3) is 0 Å². The molecule has 7 fully saturated rings. The maximum absolute atomic E-state index is 12.8. The molecule has 0 aromatic carbocycles. The van der Waals surface area contributed by atoms with E-state index < -0.39 is 22.4 Å². The maximum atomic E-state index is 12.8. The van der Waals surface area contributed by atoms with Gasteiger partial charge in [0.1, 0.15) is 5.60 Å². The van der Waals surface area contributed by atoms with E-state index in [1.807, 2.05) is 0 Å². The standard InChI is InChI=1S/C26H38O8/c1-18(2)22(27)34-26-15-23(31-6-3-19-9-28-19)12-24(16-26,32-7-4-20-10-29-20)14-25(13-23,17-26)33-8-5-21-11-30-21/h19-21H,1,3-17H2,2H3. The van der Waals surface area contributed by atoms with Gasteiger partial charge in [0.15, 0.2) is 0 Å². The minimum atomic E-state index is -0.674. The summed E-state index contributed by atoms with van der Waals surface area (Å²) in [6, 6.07) is 0. The average Bonchev–Trinajstić information content (AvgIpc) is 3.56. The molecule has 3 aliphatic heterocycles. The molecule has 4 aliphatic carbocycles. The van der Waals surface area contributed by atoms with E-state index in [1.165, 1.54) is 0 Å². The second-order valence-electron chi connectivity index (χ2n) is 11.7. The summed E-state index contributed by atoms with van der Waals surface area (Å²) in [5.41, 5.74) is -1.58. The Morgan fingerprint density at radius 3 is 1.32 bits per heavy atom. The van der Waals surface area contributed by atoms with Crippen LogP contribution in [0, 0.1) is 0 Å². The van der Waals surface area contributed by atoms with Crippen LogP contribution in [0.4, 0.5) is 0 Å². The first-order valence-corrected chi connectivity index (χ1v) is 13.0. The second kappa shape index (κ2) is 8.53. The molecule has 3 heterocycles. The zero-order valence-corrected chi connectivity index (χ0v) is 20.3. The number of carbonyl (C=O) groups is 1. The normalized spacial score (nSPS) is 45.3. The minimum absolute atomic E-state index is 0.316. The third kappa shape index (κ3) is 5.08. The molecule has 8 heteroatoms. The molecule has 0 aromatic rings. The Bertz CT molecular complexity index is 722. The fourth-order valence-corrected chi connectivity index (χ4v) is 7.05.